The lowest BCUT2D eigenvalue weighted by Crippen LogP contribution is -3.00. The quantitative estimate of drug-likeness (QED) is 0.0312. The van der Waals surface area contributed by atoms with E-state index in [1.165, 1.54) is 46.7 Å². The average Bonchev–Trinajstić information content (AvgIpc) is 1.28. The van der Waals surface area contributed by atoms with Gasteiger partial charge < -0.3 is 115 Å². The van der Waals surface area contributed by atoms with Crippen LogP contribution >= 0.6 is 24.0 Å². The van der Waals surface area contributed by atoms with E-state index in [0.717, 1.165) is 57.9 Å². The first kappa shape index (κ1) is 94.5. The fraction of sp³-hybridized carbons (Fsp3) is 0.541. The number of rotatable bonds is 14. The largest absolute Gasteiger partial charge is 1.00 e. The highest BCUT2D eigenvalue weighted by molar-refractivity contribution is 6.64. The number of anilines is 1. The Hall–Kier alpha value is -7.51. The normalized spacial score (nSPS) is 28.4. The highest BCUT2D eigenvalue weighted by Crippen LogP contribution is 2.41. The molecule has 27 nitrogen and oxygen atoms in total. The number of phenols is 2. The zero-order valence-electron chi connectivity index (χ0n) is 61.7. The molecular weight excluding hydrogens is 1410 g/mol. The molecular formula is C74H111Cl3N8O19. The number of ketones is 2. The maximum Gasteiger partial charge on any atom is 0.405 e. The SMILES string of the molecule is C=CCNC1=C2C[C@@H](C)C[C@H](OC)[C@H](O)[C@@H](C)/C=C(\C)[C@H](OC(N)=O)[C@@H](OC)/C=C\C=C(/C)C(=O)NC(=CC1=O)C2=O.C=CC[NH2+]c1c(O)cc2c(O)c1C[C@@H](C)C[C@H](OC)[C@H](O)[C@@H](C)/C=C(\C)[C@H](OC(N)=O)[C@@H](OC)/C=C\C=C(/C)C(=O)N2.Cl.O=C(Cl)C1CCNCC1.O=C([O-])C1CC[NH2+]CC1.[Cl-]. The number of carbonyl (C=O) groups is 8. The van der Waals surface area contributed by atoms with Crippen molar-refractivity contribution in [3.8, 4) is 11.5 Å². The number of nitrogens with one attached hydrogen (secondary N) is 4. The topological polar surface area (TPSA) is 429 Å². The van der Waals surface area contributed by atoms with Gasteiger partial charge in [-0.25, -0.2) is 9.59 Å². The second-order valence-corrected chi connectivity index (χ2v) is 26.5. The van der Waals surface area contributed by atoms with Crippen molar-refractivity contribution in [1.29, 1.82) is 0 Å². The number of allylic oxidation sites excluding steroid dienone is 6. The highest BCUT2D eigenvalue weighted by Gasteiger charge is 2.35. The van der Waals surface area contributed by atoms with Crippen LogP contribution in [-0.4, -0.2) is 184 Å². The molecule has 2 saturated heterocycles. The number of phenolic OH excluding ortho intramolecular Hbond substituents is 2. The van der Waals surface area contributed by atoms with Gasteiger partial charge >= 0.3 is 12.2 Å². The van der Waals surface area contributed by atoms with Crippen LogP contribution in [0, 0.1) is 35.5 Å². The van der Waals surface area contributed by atoms with Gasteiger partial charge in [0, 0.05) is 106 Å². The molecule has 4 heterocycles. The molecule has 16 N–H and O–H groups in total. The first-order valence-corrected chi connectivity index (χ1v) is 34.6. The van der Waals surface area contributed by atoms with E-state index in [1.54, 1.807) is 88.5 Å². The maximum atomic E-state index is 13.5. The number of benzene rings is 1. The molecule has 1 aliphatic carbocycles. The third kappa shape index (κ3) is 30.5. The molecule has 5 aliphatic rings. The molecule has 582 valence electrons. The van der Waals surface area contributed by atoms with Crippen molar-refractivity contribution in [2.75, 3.05) is 73.0 Å². The Balaban J connectivity index is 0.000000820. The number of carbonyl (C=O) groups excluding carboxylic acids is 8. The highest BCUT2D eigenvalue weighted by atomic mass is 35.5. The van der Waals surface area contributed by atoms with Crippen molar-refractivity contribution in [1.82, 2.24) is 16.0 Å². The Morgan fingerprint density at radius 2 is 1.21 bits per heavy atom. The van der Waals surface area contributed by atoms with Crippen molar-refractivity contribution in [3.63, 3.8) is 0 Å². The number of nitrogens with two attached hydrogens (primary N) is 4. The fourth-order valence-electron chi connectivity index (χ4n) is 12.2. The summed E-state index contributed by atoms with van der Waals surface area (Å²) in [6.45, 7) is 26.0. The Bertz CT molecular complexity index is 3290. The summed E-state index contributed by atoms with van der Waals surface area (Å²) in [6, 6.07) is 1.31. The molecule has 1 aromatic rings. The van der Waals surface area contributed by atoms with Gasteiger partial charge in [-0.15, -0.1) is 19.0 Å². The van der Waals surface area contributed by atoms with Crippen molar-refractivity contribution >= 4 is 82.2 Å². The van der Waals surface area contributed by atoms with Gasteiger partial charge in [-0.2, -0.15) is 0 Å². The number of primary amides is 2. The van der Waals surface area contributed by atoms with Crippen LogP contribution in [0.3, 0.4) is 0 Å². The molecule has 4 amide bonds. The number of halogens is 3. The third-order valence-corrected chi connectivity index (χ3v) is 18.3. The van der Waals surface area contributed by atoms with Gasteiger partial charge in [-0.3, -0.25) is 24.0 Å². The van der Waals surface area contributed by atoms with Crippen LogP contribution in [0.1, 0.15) is 106 Å². The van der Waals surface area contributed by atoms with Crippen molar-refractivity contribution in [2.45, 2.75) is 156 Å². The Morgan fingerprint density at radius 1 is 0.731 bits per heavy atom. The number of ether oxygens (including phenoxy) is 6. The van der Waals surface area contributed by atoms with Crippen LogP contribution in [0.5, 0.6) is 11.5 Å². The molecule has 1 aromatic carbocycles. The van der Waals surface area contributed by atoms with Gasteiger partial charge in [-0.1, -0.05) is 89.0 Å². The molecule has 12 atom stereocenters. The summed E-state index contributed by atoms with van der Waals surface area (Å²) in [5.74, 6) is -4.35. The second kappa shape index (κ2) is 48.6. The van der Waals surface area contributed by atoms with Gasteiger partial charge in [0.15, 0.2) is 23.6 Å². The lowest BCUT2D eigenvalue weighted by Gasteiger charge is -2.30. The number of quaternary nitrogens is 2. The van der Waals surface area contributed by atoms with Crippen LogP contribution in [0.25, 0.3) is 0 Å². The van der Waals surface area contributed by atoms with E-state index in [1.807, 2.05) is 20.8 Å². The van der Waals surface area contributed by atoms with Gasteiger partial charge in [0.2, 0.25) is 16.8 Å². The van der Waals surface area contributed by atoms with Crippen LogP contribution in [-0.2, 0) is 63.6 Å². The van der Waals surface area contributed by atoms with E-state index in [9.17, 15) is 63.9 Å². The van der Waals surface area contributed by atoms with Gasteiger partial charge in [0.25, 0.3) is 11.8 Å². The van der Waals surface area contributed by atoms with Crippen molar-refractivity contribution in [3.05, 3.63) is 131 Å². The smallest absolute Gasteiger partial charge is 0.405 e. The molecule has 4 aliphatic heterocycles. The summed E-state index contributed by atoms with van der Waals surface area (Å²) in [7, 11) is 5.88. The molecule has 2 fully saturated rings. The molecule has 104 heavy (non-hydrogen) atoms. The first-order chi connectivity index (χ1) is 48.3. The Kier molecular flexibility index (Phi) is 44.1. The number of hydrogen-bond donors (Lipinski definition) is 12. The third-order valence-electron chi connectivity index (χ3n) is 18.0. The molecule has 0 unspecified atom stereocenters. The van der Waals surface area contributed by atoms with Gasteiger partial charge in [-0.05, 0) is 120 Å². The number of piperidine rings is 2. The minimum atomic E-state index is -1.00. The Morgan fingerprint density at radius 3 is 1.62 bits per heavy atom. The minimum absolute atomic E-state index is 0. The van der Waals surface area contributed by atoms with Crippen molar-refractivity contribution in [2.24, 2.45) is 47.0 Å². The predicted octanol–water partition coefficient (Wildman–Crippen LogP) is 1.36. The number of carboxylic acid groups (broad SMARTS) is 1. The summed E-state index contributed by atoms with van der Waals surface area (Å²) in [6.07, 6.45) is 13.5. The molecule has 0 radical (unpaired) electrons. The maximum absolute atomic E-state index is 13.5. The zero-order chi connectivity index (χ0) is 76.5. The molecule has 0 spiro atoms. The van der Waals surface area contributed by atoms with Crippen LogP contribution in [0.4, 0.5) is 21.0 Å². The number of carboxylic acids is 1. The monoisotopic (exact) mass is 1520 g/mol. The summed E-state index contributed by atoms with van der Waals surface area (Å²) in [5.41, 5.74) is 13.6. The number of fused-ring (bicyclic) bond motifs is 4. The number of aliphatic hydroxyl groups excluding tert-OH is 2. The number of amides is 4. The predicted molar refractivity (Wildman–Crippen MR) is 391 cm³/mol. The number of Topliss-reactive ketones (excluding diaryl/α,β-unsaturated/α-hetero) is 1. The zero-order valence-corrected chi connectivity index (χ0v) is 64.0. The molecule has 4 bridgehead atoms. The molecule has 30 heteroatoms. The van der Waals surface area contributed by atoms with E-state index in [4.69, 9.17) is 51.5 Å². The molecule has 6 rings (SSSR count). The van der Waals surface area contributed by atoms with Crippen LogP contribution < -0.4 is 60.9 Å². The van der Waals surface area contributed by atoms with Crippen LogP contribution in [0.15, 0.2) is 125 Å². The fourth-order valence-corrected chi connectivity index (χ4v) is 12.4. The number of methoxy groups -OCH3 is 4. The van der Waals surface area contributed by atoms with Crippen molar-refractivity contribution < 1.29 is 115 Å². The average molecular weight is 1520 g/mol. The van der Waals surface area contributed by atoms with Crippen LogP contribution in [0.2, 0.25) is 0 Å². The molecule has 0 aromatic heterocycles. The number of aromatic hydroxyl groups is 2. The number of aliphatic carboxylic acids is 1. The summed E-state index contributed by atoms with van der Waals surface area (Å²) in [4.78, 5) is 96.8. The summed E-state index contributed by atoms with van der Waals surface area (Å²) >= 11 is 5.29. The number of hydrogen-bond acceptors (Lipinski definition) is 21. The van der Waals surface area contributed by atoms with E-state index in [2.05, 4.69) is 39.7 Å². The molecule has 0 saturated carbocycles. The summed E-state index contributed by atoms with van der Waals surface area (Å²) < 4.78 is 33.2. The second-order valence-electron chi connectivity index (χ2n) is 26.1. The van der Waals surface area contributed by atoms with Gasteiger partial charge in [0.1, 0.15) is 18.0 Å². The minimum Gasteiger partial charge on any atom is -1.00 e. The summed E-state index contributed by atoms with van der Waals surface area (Å²) in [5, 5.41) is 69.9. The van der Waals surface area contributed by atoms with E-state index in [0.29, 0.717) is 53.8 Å². The van der Waals surface area contributed by atoms with Gasteiger partial charge in [0.05, 0.1) is 66.7 Å². The first-order valence-electron chi connectivity index (χ1n) is 34.2. The lowest BCUT2D eigenvalue weighted by molar-refractivity contribution is -0.664. The lowest BCUT2D eigenvalue weighted by atomic mass is 9.85. The van der Waals surface area contributed by atoms with E-state index >= 15 is 0 Å². The van der Waals surface area contributed by atoms with E-state index in [-0.39, 0.29) is 106 Å². The Labute approximate surface area is 628 Å². The number of aliphatic hydroxyl groups is 2. The standard InChI is InChI=1S/C31H45N3O8.C31H43N3O8.C6H10ClNO.C6H11NO2.2ClH/c2*1-8-12-33-26-21-13-17(2)14-25(41-7)27(36)19(4)15-20(5)29(42-31(32)39)24(40-6)11-9-10-18(3)30(38)34-22(28(21)37)16-23(26)35;7-6(9)5-1-3-8-4-2-5;8-6(9)5-1-3-7-4-2-5;;/h8-11,15-17,19,24-25,27,29,33,35-37H,1,12-14H2,2-7H3,(H2,32,39)(H,34,38);8-11,15-17,19,24-25,27,29,33,36H,1,12-14H2,2-7H3,(H2,32,39)(H,34,38);5,8H,1-4H2;5,7H,1-4H2,(H,8,9);2*1H/b2*11-9-,18-10+,20-15+;;;;/t2*17-,19+,24+,25+,27-,29+;;;;/m11..../s1. The van der Waals surface area contributed by atoms with E-state index < -0.39 is 102 Å².